The van der Waals surface area contributed by atoms with Crippen LogP contribution in [0.4, 0.5) is 19.1 Å². The number of rotatable bonds is 8. The molecule has 3 rings (SSSR count). The average molecular weight is 440 g/mol. The number of nitrogens with zero attached hydrogens (tertiary/aromatic N) is 3. The van der Waals surface area contributed by atoms with Gasteiger partial charge >= 0.3 is 12.1 Å². The average Bonchev–Trinajstić information content (AvgIpc) is 3.14. The summed E-state index contributed by atoms with van der Waals surface area (Å²) in [6.07, 6.45) is -0.660. The number of hydrogen-bond donors (Lipinski definition) is 2. The lowest BCUT2D eigenvalue weighted by atomic mass is 10.1. The molecule has 0 aliphatic carbocycles. The molecule has 29 heavy (non-hydrogen) atoms. The molecule has 0 spiro atoms. The Labute approximate surface area is 172 Å². The van der Waals surface area contributed by atoms with E-state index in [0.717, 1.165) is 17.8 Å². The van der Waals surface area contributed by atoms with E-state index < -0.39 is 17.7 Å². The van der Waals surface area contributed by atoms with E-state index in [2.05, 4.69) is 20.3 Å². The summed E-state index contributed by atoms with van der Waals surface area (Å²) in [5.74, 6) is -0.508. The number of benzene rings is 1. The van der Waals surface area contributed by atoms with Gasteiger partial charge in [-0.2, -0.15) is 13.2 Å². The van der Waals surface area contributed by atoms with E-state index in [4.69, 9.17) is 5.11 Å². The number of thioether (sulfide) groups is 1. The summed E-state index contributed by atoms with van der Waals surface area (Å²) >= 11 is 2.58. The molecule has 0 aliphatic rings. The number of anilines is 1. The number of carboxylic acid groups (broad SMARTS) is 1. The van der Waals surface area contributed by atoms with Crippen LogP contribution in [0.3, 0.4) is 0 Å². The van der Waals surface area contributed by atoms with E-state index in [1.165, 1.54) is 35.2 Å². The first kappa shape index (κ1) is 21.1. The summed E-state index contributed by atoms with van der Waals surface area (Å²) in [6.45, 7) is 0.534. The van der Waals surface area contributed by atoms with Gasteiger partial charge in [-0.05, 0) is 17.7 Å². The highest BCUT2D eigenvalue weighted by Gasteiger charge is 2.29. The lowest BCUT2D eigenvalue weighted by Gasteiger charge is -2.08. The van der Waals surface area contributed by atoms with Crippen molar-refractivity contribution in [2.45, 2.75) is 16.9 Å². The largest absolute Gasteiger partial charge is 0.481 e. The molecule has 0 saturated carbocycles. The van der Waals surface area contributed by atoms with Crippen LogP contribution in [0.25, 0.3) is 11.1 Å². The maximum atomic E-state index is 12.6. The summed E-state index contributed by atoms with van der Waals surface area (Å²) in [5, 5.41) is 13.6. The van der Waals surface area contributed by atoms with Gasteiger partial charge in [-0.3, -0.25) is 4.79 Å². The fourth-order valence-corrected chi connectivity index (χ4v) is 3.91. The highest BCUT2D eigenvalue weighted by atomic mass is 32.2. The van der Waals surface area contributed by atoms with Gasteiger partial charge in [-0.25, -0.2) is 15.0 Å². The van der Waals surface area contributed by atoms with Gasteiger partial charge in [0.1, 0.15) is 0 Å². The second kappa shape index (κ2) is 9.23. The molecular weight excluding hydrogens is 425 g/mol. The summed E-state index contributed by atoms with van der Waals surface area (Å²) in [5.41, 5.74) is 1.35. The van der Waals surface area contributed by atoms with Gasteiger partial charge in [0.25, 0.3) is 0 Å². The van der Waals surface area contributed by atoms with E-state index in [-0.39, 0.29) is 5.75 Å². The lowest BCUT2D eigenvalue weighted by molar-refractivity contribution is -0.137. The molecule has 11 heteroatoms. The van der Waals surface area contributed by atoms with Crippen LogP contribution in [0.5, 0.6) is 0 Å². The third-order valence-corrected chi connectivity index (χ3v) is 5.77. The fraction of sp³-hybridized carbons (Fsp3) is 0.222. The second-order valence-electron chi connectivity index (χ2n) is 5.83. The standard InChI is InChI=1S/C18H15F3N4O2S2/c19-18(20,21)13-3-1-11(2-4-13)12-7-23-16(24-8-12)22-6-5-14-9-28-17(25-14)29-10-15(26)27/h1-4,7-9H,5-6,10H2,(H,26,27)(H,22,23,24). The van der Waals surface area contributed by atoms with Gasteiger partial charge in [0.15, 0.2) is 4.34 Å². The molecule has 152 valence electrons. The Morgan fingerprint density at radius 3 is 2.45 bits per heavy atom. The van der Waals surface area contributed by atoms with Crippen molar-refractivity contribution in [2.24, 2.45) is 0 Å². The number of carboxylic acids is 1. The number of aromatic nitrogens is 3. The highest BCUT2D eigenvalue weighted by molar-refractivity contribution is 8.01. The van der Waals surface area contributed by atoms with Crippen molar-refractivity contribution in [2.75, 3.05) is 17.6 Å². The minimum atomic E-state index is -4.37. The summed E-state index contributed by atoms with van der Waals surface area (Å²) in [7, 11) is 0. The summed E-state index contributed by atoms with van der Waals surface area (Å²) in [6, 6.07) is 4.82. The maximum Gasteiger partial charge on any atom is 0.416 e. The normalized spacial score (nSPS) is 11.4. The van der Waals surface area contributed by atoms with Gasteiger partial charge < -0.3 is 10.4 Å². The molecule has 0 atom stereocenters. The first-order valence-electron chi connectivity index (χ1n) is 8.34. The molecule has 0 fully saturated rings. The highest BCUT2D eigenvalue weighted by Crippen LogP contribution is 2.30. The molecule has 2 heterocycles. The molecule has 2 aromatic heterocycles. The Hall–Kier alpha value is -2.66. The topological polar surface area (TPSA) is 88.0 Å². The molecule has 2 N–H and O–H groups in total. The van der Waals surface area contributed by atoms with Crippen LogP contribution < -0.4 is 5.32 Å². The predicted octanol–water partition coefficient (Wildman–Crippen LogP) is 4.45. The monoisotopic (exact) mass is 440 g/mol. The van der Waals surface area contributed by atoms with Gasteiger partial charge in [0, 0.05) is 36.3 Å². The van der Waals surface area contributed by atoms with Crippen molar-refractivity contribution in [3.63, 3.8) is 0 Å². The molecule has 0 bridgehead atoms. The summed E-state index contributed by atoms with van der Waals surface area (Å²) in [4.78, 5) is 23.3. The smallest absolute Gasteiger partial charge is 0.416 e. The second-order valence-corrected chi connectivity index (χ2v) is 7.91. The molecule has 6 nitrogen and oxygen atoms in total. The van der Waals surface area contributed by atoms with E-state index in [1.807, 2.05) is 5.38 Å². The molecule has 3 aromatic rings. The Balaban J connectivity index is 1.51. The van der Waals surface area contributed by atoms with Gasteiger partial charge in [-0.15, -0.1) is 11.3 Å². The molecule has 0 unspecified atom stereocenters. The zero-order valence-corrected chi connectivity index (χ0v) is 16.4. The molecular formula is C18H15F3N4O2S2. The van der Waals surface area contributed by atoms with Crippen LogP contribution >= 0.6 is 23.1 Å². The predicted molar refractivity (Wildman–Crippen MR) is 105 cm³/mol. The van der Waals surface area contributed by atoms with E-state index in [0.29, 0.717) is 34.4 Å². The van der Waals surface area contributed by atoms with E-state index in [1.54, 1.807) is 12.4 Å². The summed E-state index contributed by atoms with van der Waals surface area (Å²) < 4.78 is 38.6. The zero-order chi connectivity index (χ0) is 20.9. The molecule has 0 radical (unpaired) electrons. The quantitative estimate of drug-likeness (QED) is 0.500. The number of hydrogen-bond acceptors (Lipinski definition) is 7. The number of carbonyl (C=O) groups is 1. The lowest BCUT2D eigenvalue weighted by Crippen LogP contribution is -2.08. The Morgan fingerprint density at radius 2 is 1.83 bits per heavy atom. The number of thiazole rings is 1. The van der Waals surface area contributed by atoms with Crippen LogP contribution in [0, 0.1) is 0 Å². The maximum absolute atomic E-state index is 12.6. The van der Waals surface area contributed by atoms with Crippen molar-refractivity contribution in [3.05, 3.63) is 53.3 Å². The van der Waals surface area contributed by atoms with Gasteiger partial charge in [0.2, 0.25) is 5.95 Å². The molecule has 1 aromatic carbocycles. The number of halogens is 3. The van der Waals surface area contributed by atoms with Gasteiger partial charge in [-0.1, -0.05) is 23.9 Å². The minimum absolute atomic E-state index is 0.0235. The SMILES string of the molecule is O=C(O)CSc1nc(CCNc2ncc(-c3ccc(C(F)(F)F)cc3)cn2)cs1. The zero-order valence-electron chi connectivity index (χ0n) is 14.8. The first-order chi connectivity index (χ1) is 13.8. The van der Waals surface area contributed by atoms with E-state index in [9.17, 15) is 18.0 Å². The van der Waals surface area contributed by atoms with Gasteiger partial charge in [0.05, 0.1) is 17.0 Å². The van der Waals surface area contributed by atoms with Crippen molar-refractivity contribution in [1.82, 2.24) is 15.0 Å². The van der Waals surface area contributed by atoms with Crippen LogP contribution in [-0.2, 0) is 17.4 Å². The first-order valence-corrected chi connectivity index (χ1v) is 10.2. The number of nitrogens with one attached hydrogen (secondary N) is 1. The molecule has 0 saturated heterocycles. The molecule has 0 amide bonds. The van der Waals surface area contributed by atoms with Crippen LogP contribution in [0.2, 0.25) is 0 Å². The number of aliphatic carboxylic acids is 1. The van der Waals surface area contributed by atoms with Crippen molar-refractivity contribution >= 4 is 35.0 Å². The third kappa shape index (κ3) is 6.16. The molecule has 0 aliphatic heterocycles. The Morgan fingerprint density at radius 1 is 1.14 bits per heavy atom. The van der Waals surface area contributed by atoms with Crippen LogP contribution in [-0.4, -0.2) is 38.3 Å². The Kier molecular flexibility index (Phi) is 6.70. The number of alkyl halides is 3. The van der Waals surface area contributed by atoms with Crippen LogP contribution in [0.15, 0.2) is 46.4 Å². The van der Waals surface area contributed by atoms with E-state index >= 15 is 0 Å². The minimum Gasteiger partial charge on any atom is -0.481 e. The van der Waals surface area contributed by atoms with Crippen LogP contribution in [0.1, 0.15) is 11.3 Å². The third-order valence-electron chi connectivity index (χ3n) is 3.71. The van der Waals surface area contributed by atoms with Crippen molar-refractivity contribution < 1.29 is 23.1 Å². The fourth-order valence-electron chi connectivity index (χ4n) is 2.32. The Bertz CT molecular complexity index is 960. The van der Waals surface area contributed by atoms with Crippen molar-refractivity contribution in [3.8, 4) is 11.1 Å². The van der Waals surface area contributed by atoms with Crippen molar-refractivity contribution in [1.29, 1.82) is 0 Å².